The number of urea groups is 1. The van der Waals surface area contributed by atoms with Crippen LogP contribution in [0.3, 0.4) is 0 Å². The van der Waals surface area contributed by atoms with E-state index in [2.05, 4.69) is 10.6 Å². The van der Waals surface area contributed by atoms with E-state index in [9.17, 15) is 22.8 Å². The van der Waals surface area contributed by atoms with Crippen molar-refractivity contribution in [2.24, 2.45) is 0 Å². The summed E-state index contributed by atoms with van der Waals surface area (Å²) in [6.07, 6.45) is 4.72. The van der Waals surface area contributed by atoms with Crippen LogP contribution in [0.15, 0.2) is 53.4 Å². The predicted molar refractivity (Wildman–Crippen MR) is 129 cm³/mol. The van der Waals surface area contributed by atoms with Crippen LogP contribution in [0.2, 0.25) is 0 Å². The number of fused-ring (bicyclic) bond motifs is 2. The second kappa shape index (κ2) is 9.09. The summed E-state index contributed by atoms with van der Waals surface area (Å²) >= 11 is 0. The molecule has 0 unspecified atom stereocenters. The number of aryl methyl sites for hydroxylation is 1. The number of nitrogens with one attached hydrogen (secondary N) is 2. The molecule has 2 aliphatic heterocycles. The first-order valence-electron chi connectivity index (χ1n) is 11.9. The SMILES string of the molecule is O=C(CN1C(=O)N[C@]2(CCCc3ccccc32)C1=O)Nc1cccc(S(=O)(=O)N2CCCCC2)c1. The van der Waals surface area contributed by atoms with E-state index in [1.807, 2.05) is 24.3 Å². The number of imide groups is 1. The lowest BCUT2D eigenvalue weighted by molar-refractivity contribution is -0.134. The standard InChI is InChI=1S/C25H28N4O5S/c30-22(26-19-10-6-11-20(16-19)35(33,34)28-14-4-1-5-15-28)17-29-23(31)25(27-24(29)32)13-7-9-18-8-2-3-12-21(18)25/h2-3,6,8,10-12,16H,1,4-5,7,9,13-15,17H2,(H,26,30)(H,27,32)/t25-/m0/s1. The van der Waals surface area contributed by atoms with E-state index in [-0.39, 0.29) is 10.6 Å². The number of hydrogen-bond donors (Lipinski definition) is 2. The van der Waals surface area contributed by atoms with Gasteiger partial charge < -0.3 is 10.6 Å². The largest absolute Gasteiger partial charge is 0.325 e. The number of benzene rings is 2. The highest BCUT2D eigenvalue weighted by Gasteiger charge is 2.54. The molecule has 2 fully saturated rings. The van der Waals surface area contributed by atoms with Crippen molar-refractivity contribution in [1.29, 1.82) is 0 Å². The smallest absolute Gasteiger partial charge is 0.324 e. The topological polar surface area (TPSA) is 116 Å². The fourth-order valence-corrected chi connectivity index (χ4v) is 6.85. The van der Waals surface area contributed by atoms with Crippen molar-refractivity contribution in [3.8, 4) is 0 Å². The van der Waals surface area contributed by atoms with Crippen molar-refractivity contribution in [3.05, 3.63) is 59.7 Å². The molecule has 2 aromatic rings. The molecular weight excluding hydrogens is 468 g/mol. The average Bonchev–Trinajstić information content (AvgIpc) is 3.09. The highest BCUT2D eigenvalue weighted by Crippen LogP contribution is 2.39. The van der Waals surface area contributed by atoms with Gasteiger partial charge in [-0.1, -0.05) is 36.8 Å². The van der Waals surface area contributed by atoms with Crippen LogP contribution in [0.25, 0.3) is 0 Å². The molecule has 1 aliphatic carbocycles. The van der Waals surface area contributed by atoms with Gasteiger partial charge in [0.1, 0.15) is 12.1 Å². The van der Waals surface area contributed by atoms with Crippen LogP contribution in [-0.4, -0.2) is 55.1 Å². The molecule has 35 heavy (non-hydrogen) atoms. The summed E-state index contributed by atoms with van der Waals surface area (Å²) in [5.74, 6) is -1.02. The number of piperidine rings is 1. The summed E-state index contributed by atoms with van der Waals surface area (Å²) in [5.41, 5.74) is 0.945. The van der Waals surface area contributed by atoms with Crippen molar-refractivity contribution in [2.75, 3.05) is 25.0 Å². The lowest BCUT2D eigenvalue weighted by Crippen LogP contribution is -2.47. The molecule has 3 aliphatic rings. The van der Waals surface area contributed by atoms with E-state index in [1.165, 1.54) is 16.4 Å². The number of nitrogens with zero attached hydrogens (tertiary/aromatic N) is 2. The molecule has 9 nitrogen and oxygen atoms in total. The zero-order chi connectivity index (χ0) is 24.6. The highest BCUT2D eigenvalue weighted by atomic mass is 32.2. The number of rotatable bonds is 5. The van der Waals surface area contributed by atoms with Crippen molar-refractivity contribution < 1.29 is 22.8 Å². The van der Waals surface area contributed by atoms with E-state index in [1.54, 1.807) is 12.1 Å². The molecule has 2 saturated heterocycles. The van der Waals surface area contributed by atoms with Crippen LogP contribution < -0.4 is 10.6 Å². The summed E-state index contributed by atoms with van der Waals surface area (Å²) < 4.78 is 27.4. The quantitative estimate of drug-likeness (QED) is 0.618. The molecule has 0 aromatic heterocycles. The molecule has 2 N–H and O–H groups in total. The van der Waals surface area contributed by atoms with Gasteiger partial charge in [-0.2, -0.15) is 4.31 Å². The Bertz CT molecular complexity index is 1290. The van der Waals surface area contributed by atoms with Crippen LogP contribution in [-0.2, 0) is 31.6 Å². The van der Waals surface area contributed by atoms with Crippen LogP contribution in [0.5, 0.6) is 0 Å². The molecule has 1 atom stereocenters. The summed E-state index contributed by atoms with van der Waals surface area (Å²) in [6, 6.07) is 13.0. The van der Waals surface area contributed by atoms with Crippen molar-refractivity contribution in [3.63, 3.8) is 0 Å². The normalized spacial score (nSPS) is 22.7. The lowest BCUT2D eigenvalue weighted by atomic mass is 9.76. The number of anilines is 1. The molecule has 2 heterocycles. The van der Waals surface area contributed by atoms with Gasteiger partial charge in [0, 0.05) is 18.8 Å². The molecule has 1 spiro atoms. The lowest BCUT2D eigenvalue weighted by Gasteiger charge is -2.33. The van der Waals surface area contributed by atoms with Gasteiger partial charge >= 0.3 is 6.03 Å². The van der Waals surface area contributed by atoms with Gasteiger partial charge in [-0.05, 0) is 61.4 Å². The van der Waals surface area contributed by atoms with Crippen LogP contribution in [0.1, 0.15) is 43.2 Å². The van der Waals surface area contributed by atoms with E-state index in [4.69, 9.17) is 0 Å². The zero-order valence-electron chi connectivity index (χ0n) is 19.3. The molecule has 0 bridgehead atoms. The Morgan fingerprint density at radius 1 is 1.00 bits per heavy atom. The van der Waals surface area contributed by atoms with Gasteiger partial charge in [-0.3, -0.25) is 14.5 Å². The Labute approximate surface area is 204 Å². The van der Waals surface area contributed by atoms with Crippen LogP contribution >= 0.6 is 0 Å². The maximum Gasteiger partial charge on any atom is 0.325 e. The monoisotopic (exact) mass is 496 g/mol. The number of sulfonamides is 1. The average molecular weight is 497 g/mol. The minimum Gasteiger partial charge on any atom is -0.324 e. The highest BCUT2D eigenvalue weighted by molar-refractivity contribution is 7.89. The summed E-state index contributed by atoms with van der Waals surface area (Å²) in [7, 11) is -3.65. The number of carbonyl (C=O) groups is 3. The minimum absolute atomic E-state index is 0.102. The van der Waals surface area contributed by atoms with Crippen LogP contribution in [0.4, 0.5) is 10.5 Å². The van der Waals surface area contributed by atoms with Gasteiger partial charge in [0.2, 0.25) is 15.9 Å². The number of amides is 4. The molecule has 4 amide bonds. The van der Waals surface area contributed by atoms with Crippen LogP contribution in [0, 0.1) is 0 Å². The van der Waals surface area contributed by atoms with Gasteiger partial charge in [0.15, 0.2) is 0 Å². The molecule has 2 aromatic carbocycles. The van der Waals surface area contributed by atoms with Gasteiger partial charge in [0.25, 0.3) is 5.91 Å². The first-order valence-corrected chi connectivity index (χ1v) is 13.4. The van der Waals surface area contributed by atoms with E-state index in [0.29, 0.717) is 19.5 Å². The molecular formula is C25H28N4O5S. The molecule has 5 rings (SSSR count). The van der Waals surface area contributed by atoms with Crippen molar-refractivity contribution in [2.45, 2.75) is 49.0 Å². The van der Waals surface area contributed by atoms with Crippen molar-refractivity contribution >= 4 is 33.6 Å². The number of carbonyl (C=O) groups excluding carboxylic acids is 3. The second-order valence-corrected chi connectivity index (χ2v) is 11.2. The fraction of sp³-hybridized carbons (Fsp3) is 0.400. The maximum absolute atomic E-state index is 13.4. The van der Waals surface area contributed by atoms with E-state index >= 15 is 0 Å². The fourth-order valence-electron chi connectivity index (χ4n) is 5.29. The summed E-state index contributed by atoms with van der Waals surface area (Å²) in [4.78, 5) is 40.0. The first kappa shape index (κ1) is 23.5. The predicted octanol–water partition coefficient (Wildman–Crippen LogP) is 2.58. The van der Waals surface area contributed by atoms with E-state index in [0.717, 1.165) is 48.1 Å². The molecule has 0 saturated carbocycles. The minimum atomic E-state index is -3.65. The van der Waals surface area contributed by atoms with Crippen molar-refractivity contribution in [1.82, 2.24) is 14.5 Å². The zero-order valence-corrected chi connectivity index (χ0v) is 20.1. The van der Waals surface area contributed by atoms with Gasteiger partial charge in [-0.25, -0.2) is 13.2 Å². The third-order valence-corrected chi connectivity index (χ3v) is 8.92. The Morgan fingerprint density at radius 3 is 2.57 bits per heavy atom. The Kier molecular flexibility index (Phi) is 6.10. The molecule has 0 radical (unpaired) electrons. The van der Waals surface area contributed by atoms with Gasteiger partial charge in [-0.15, -0.1) is 0 Å². The Hall–Kier alpha value is -3.24. The first-order chi connectivity index (χ1) is 16.8. The third kappa shape index (κ3) is 4.21. The van der Waals surface area contributed by atoms with E-state index < -0.39 is 40.0 Å². The molecule has 10 heteroatoms. The third-order valence-electron chi connectivity index (χ3n) is 7.02. The number of hydrogen-bond acceptors (Lipinski definition) is 5. The summed E-state index contributed by atoms with van der Waals surface area (Å²) in [6.45, 7) is 0.504. The second-order valence-electron chi connectivity index (χ2n) is 9.28. The summed E-state index contributed by atoms with van der Waals surface area (Å²) in [5, 5.41) is 5.47. The Balaban J connectivity index is 1.30. The maximum atomic E-state index is 13.4. The Morgan fingerprint density at radius 2 is 1.77 bits per heavy atom. The molecule has 184 valence electrons. The van der Waals surface area contributed by atoms with Gasteiger partial charge in [0.05, 0.1) is 4.90 Å².